The summed E-state index contributed by atoms with van der Waals surface area (Å²) < 4.78 is 25.0. The first-order valence-corrected chi connectivity index (χ1v) is 9.71. The molecule has 0 bridgehead atoms. The van der Waals surface area contributed by atoms with Crippen LogP contribution in [0.3, 0.4) is 0 Å². The fourth-order valence-corrected chi connectivity index (χ4v) is 4.14. The van der Waals surface area contributed by atoms with E-state index in [-0.39, 0.29) is 5.75 Å². The molecule has 0 spiro atoms. The number of aromatic amines is 1. The van der Waals surface area contributed by atoms with E-state index in [0.29, 0.717) is 6.42 Å². The molecule has 3 rings (SSSR count). The van der Waals surface area contributed by atoms with E-state index in [0.717, 1.165) is 26.1 Å². The first-order chi connectivity index (χ1) is 10.9. The highest BCUT2D eigenvalue weighted by molar-refractivity contribution is 7.89. The van der Waals surface area contributed by atoms with Crippen LogP contribution >= 0.6 is 0 Å². The van der Waals surface area contributed by atoms with E-state index in [1.807, 2.05) is 0 Å². The number of hydrogen-bond acceptors (Lipinski definition) is 3. The van der Waals surface area contributed by atoms with Gasteiger partial charge in [-0.05, 0) is 31.0 Å². The van der Waals surface area contributed by atoms with Crippen LogP contribution in [-0.2, 0) is 23.0 Å². The van der Waals surface area contributed by atoms with Crippen molar-refractivity contribution in [2.45, 2.75) is 26.3 Å². The Labute approximate surface area is 138 Å². The average molecular weight is 335 g/mol. The second-order valence-corrected chi connectivity index (χ2v) is 8.86. The lowest BCUT2D eigenvalue weighted by Gasteiger charge is -2.27. The van der Waals surface area contributed by atoms with Gasteiger partial charge in [0, 0.05) is 50.2 Å². The molecular weight excluding hydrogens is 310 g/mol. The second kappa shape index (κ2) is 6.26. The normalized spacial score (nSPS) is 16.2. The number of hydrogen-bond donors (Lipinski definition) is 1. The van der Waals surface area contributed by atoms with Gasteiger partial charge in [-0.25, -0.2) is 12.7 Å². The zero-order valence-corrected chi connectivity index (χ0v) is 14.9. The van der Waals surface area contributed by atoms with Crippen molar-refractivity contribution in [2.24, 2.45) is 0 Å². The van der Waals surface area contributed by atoms with Gasteiger partial charge in [-0.15, -0.1) is 0 Å². The van der Waals surface area contributed by atoms with Gasteiger partial charge in [-0.3, -0.25) is 4.90 Å². The molecule has 0 fully saturated rings. The van der Waals surface area contributed by atoms with Crippen molar-refractivity contribution < 1.29 is 8.42 Å². The number of nitrogens with zero attached hydrogens (tertiary/aromatic N) is 2. The average Bonchev–Trinajstić information content (AvgIpc) is 2.87. The quantitative estimate of drug-likeness (QED) is 0.910. The summed E-state index contributed by atoms with van der Waals surface area (Å²) in [5.74, 6) is 0.219. The van der Waals surface area contributed by atoms with E-state index in [1.54, 1.807) is 14.1 Å². The van der Waals surface area contributed by atoms with E-state index in [4.69, 9.17) is 0 Å². The van der Waals surface area contributed by atoms with Crippen LogP contribution in [-0.4, -0.2) is 55.5 Å². The highest BCUT2D eigenvalue weighted by atomic mass is 32.2. The van der Waals surface area contributed by atoms with Crippen LogP contribution in [0.2, 0.25) is 0 Å². The van der Waals surface area contributed by atoms with Gasteiger partial charge >= 0.3 is 0 Å². The lowest BCUT2D eigenvalue weighted by molar-refractivity contribution is 0.255. The number of benzene rings is 1. The molecule has 1 aromatic heterocycles. The fourth-order valence-electron chi connectivity index (χ4n) is 3.28. The Hall–Kier alpha value is -1.37. The molecule has 0 aliphatic carbocycles. The molecule has 0 amide bonds. The molecule has 2 heterocycles. The van der Waals surface area contributed by atoms with Crippen molar-refractivity contribution in [3.05, 3.63) is 35.0 Å². The van der Waals surface area contributed by atoms with Gasteiger partial charge in [0.05, 0.1) is 5.75 Å². The van der Waals surface area contributed by atoms with Gasteiger partial charge < -0.3 is 4.98 Å². The summed E-state index contributed by atoms with van der Waals surface area (Å²) in [6.07, 6.45) is 1.68. The maximum absolute atomic E-state index is 11.8. The predicted octanol–water partition coefficient (Wildman–Crippen LogP) is 2.12. The van der Waals surface area contributed by atoms with Crippen molar-refractivity contribution in [3.63, 3.8) is 0 Å². The molecule has 23 heavy (non-hydrogen) atoms. The summed E-state index contributed by atoms with van der Waals surface area (Å²) in [4.78, 5) is 5.94. The van der Waals surface area contributed by atoms with Gasteiger partial charge in [0.25, 0.3) is 0 Å². The van der Waals surface area contributed by atoms with E-state index in [9.17, 15) is 8.42 Å². The highest BCUT2D eigenvalue weighted by Crippen LogP contribution is 2.29. The Bertz CT molecular complexity index is 809. The number of aryl methyl sites for hydroxylation is 1. The minimum Gasteiger partial charge on any atom is -0.358 e. The highest BCUT2D eigenvalue weighted by Gasteiger charge is 2.21. The number of rotatable bonds is 5. The van der Waals surface area contributed by atoms with Gasteiger partial charge in [0.15, 0.2) is 0 Å². The lowest BCUT2D eigenvalue weighted by atomic mass is 10.0. The fraction of sp³-hybridized carbons (Fsp3) is 0.529. The van der Waals surface area contributed by atoms with E-state index < -0.39 is 10.0 Å². The largest absolute Gasteiger partial charge is 0.358 e. The number of nitrogens with one attached hydrogen (secondary N) is 1. The number of sulfonamides is 1. The second-order valence-electron chi connectivity index (χ2n) is 6.56. The van der Waals surface area contributed by atoms with Crippen molar-refractivity contribution >= 4 is 20.9 Å². The molecule has 1 aromatic carbocycles. The molecule has 0 atom stereocenters. The molecule has 0 unspecified atom stereocenters. The Morgan fingerprint density at radius 1 is 1.30 bits per heavy atom. The third kappa shape index (κ3) is 3.29. The van der Waals surface area contributed by atoms with Crippen LogP contribution < -0.4 is 0 Å². The molecule has 5 nitrogen and oxygen atoms in total. The van der Waals surface area contributed by atoms with Crippen LogP contribution in [0.25, 0.3) is 10.9 Å². The lowest BCUT2D eigenvalue weighted by Crippen LogP contribution is -2.33. The minimum atomic E-state index is -3.09. The molecule has 126 valence electrons. The van der Waals surface area contributed by atoms with Crippen LogP contribution in [0.5, 0.6) is 0 Å². The summed E-state index contributed by atoms with van der Waals surface area (Å²) in [6.45, 7) is 4.85. The molecule has 0 saturated carbocycles. The maximum atomic E-state index is 11.8. The summed E-state index contributed by atoms with van der Waals surface area (Å²) in [7, 11) is 0.0996. The summed E-state index contributed by atoms with van der Waals surface area (Å²) in [5, 5.41) is 1.31. The molecule has 6 heteroatoms. The van der Waals surface area contributed by atoms with Crippen molar-refractivity contribution in [1.29, 1.82) is 0 Å². The van der Waals surface area contributed by atoms with Crippen LogP contribution in [0.15, 0.2) is 18.2 Å². The Balaban J connectivity index is 1.69. The number of para-hydroxylation sites is 1. The monoisotopic (exact) mass is 335 g/mol. The summed E-state index contributed by atoms with van der Waals surface area (Å²) >= 11 is 0. The Kier molecular flexibility index (Phi) is 4.49. The van der Waals surface area contributed by atoms with Gasteiger partial charge in [-0.2, -0.15) is 0 Å². The van der Waals surface area contributed by atoms with Crippen LogP contribution in [0.4, 0.5) is 0 Å². The van der Waals surface area contributed by atoms with Crippen LogP contribution in [0.1, 0.15) is 23.2 Å². The van der Waals surface area contributed by atoms with Crippen LogP contribution in [0, 0.1) is 6.92 Å². The zero-order chi connectivity index (χ0) is 16.6. The van der Waals surface area contributed by atoms with E-state index in [1.165, 1.54) is 32.0 Å². The SMILES string of the molecule is Cc1cccc2c3c([nH]c12)CCN(CCCS(=O)(=O)N(C)C)C3. The Morgan fingerprint density at radius 3 is 2.83 bits per heavy atom. The summed E-state index contributed by atoms with van der Waals surface area (Å²) in [6, 6.07) is 6.42. The molecule has 2 aromatic rings. The third-order valence-electron chi connectivity index (χ3n) is 4.73. The number of aromatic nitrogens is 1. The molecule has 0 saturated heterocycles. The molecule has 0 radical (unpaired) electrons. The standard InChI is InChI=1S/C17H25N3O2S/c1-13-6-4-7-14-15-12-20(10-8-16(15)18-17(13)14)9-5-11-23(21,22)19(2)3/h4,6-7,18H,5,8-12H2,1-3H3. The summed E-state index contributed by atoms with van der Waals surface area (Å²) in [5.41, 5.74) is 5.24. The first kappa shape index (κ1) is 16.5. The topological polar surface area (TPSA) is 56.4 Å². The van der Waals surface area contributed by atoms with Gasteiger partial charge in [-0.1, -0.05) is 18.2 Å². The molecular formula is C17H25N3O2S. The number of fused-ring (bicyclic) bond motifs is 3. The predicted molar refractivity (Wildman–Crippen MR) is 94.1 cm³/mol. The molecule has 1 aliphatic heterocycles. The van der Waals surface area contributed by atoms with E-state index >= 15 is 0 Å². The van der Waals surface area contributed by atoms with Crippen molar-refractivity contribution in [3.8, 4) is 0 Å². The first-order valence-electron chi connectivity index (χ1n) is 8.10. The molecule has 1 N–H and O–H groups in total. The number of H-pyrrole nitrogens is 1. The molecule has 1 aliphatic rings. The third-order valence-corrected chi connectivity index (χ3v) is 6.65. The van der Waals surface area contributed by atoms with Gasteiger partial charge in [0.2, 0.25) is 10.0 Å². The van der Waals surface area contributed by atoms with E-state index in [2.05, 4.69) is 35.0 Å². The minimum absolute atomic E-state index is 0.219. The Morgan fingerprint density at radius 2 is 2.09 bits per heavy atom. The van der Waals surface area contributed by atoms with Crippen molar-refractivity contribution in [2.75, 3.05) is 32.9 Å². The van der Waals surface area contributed by atoms with Gasteiger partial charge in [0.1, 0.15) is 0 Å². The maximum Gasteiger partial charge on any atom is 0.213 e. The van der Waals surface area contributed by atoms with Crippen molar-refractivity contribution in [1.82, 2.24) is 14.2 Å². The smallest absolute Gasteiger partial charge is 0.213 e. The zero-order valence-electron chi connectivity index (χ0n) is 14.1.